The maximum atomic E-state index is 12.0. The van der Waals surface area contributed by atoms with E-state index in [4.69, 9.17) is 10.5 Å². The van der Waals surface area contributed by atoms with E-state index in [1.807, 2.05) is 0 Å². The van der Waals surface area contributed by atoms with Gasteiger partial charge in [0, 0.05) is 18.0 Å². The average Bonchev–Trinajstić information content (AvgIpc) is 2.84. The quantitative estimate of drug-likeness (QED) is 0.792. The SMILES string of the molecule is COc1cc(C(=O)C2CCCC2N)sn1. The molecule has 0 spiro atoms. The standard InChI is InChI=1S/C10H14N2O2S/c1-14-9-5-8(15-12-9)10(13)6-3-2-4-7(6)11/h5-7H,2-4,11H2,1H3. The van der Waals surface area contributed by atoms with Gasteiger partial charge in [0.2, 0.25) is 5.88 Å². The number of methoxy groups -OCH3 is 1. The van der Waals surface area contributed by atoms with Crippen LogP contribution in [0.3, 0.4) is 0 Å². The fraction of sp³-hybridized carbons (Fsp3) is 0.600. The number of ether oxygens (including phenoxy) is 1. The van der Waals surface area contributed by atoms with Crippen LogP contribution in [-0.4, -0.2) is 23.3 Å². The minimum absolute atomic E-state index is 0.0184. The number of hydrogen-bond acceptors (Lipinski definition) is 5. The highest BCUT2D eigenvalue weighted by atomic mass is 32.1. The Kier molecular flexibility index (Phi) is 3.02. The third-order valence-electron chi connectivity index (χ3n) is 2.85. The maximum Gasteiger partial charge on any atom is 0.225 e. The Morgan fingerprint density at radius 3 is 3.00 bits per heavy atom. The van der Waals surface area contributed by atoms with E-state index in [9.17, 15) is 4.79 Å². The molecule has 2 atom stereocenters. The Hall–Kier alpha value is -0.940. The molecule has 2 unspecified atom stereocenters. The molecule has 1 aromatic heterocycles. The second kappa shape index (κ2) is 4.28. The molecule has 0 aromatic carbocycles. The van der Waals surface area contributed by atoms with Gasteiger partial charge >= 0.3 is 0 Å². The molecule has 1 aliphatic rings. The summed E-state index contributed by atoms with van der Waals surface area (Å²) in [6.45, 7) is 0. The third-order valence-corrected chi connectivity index (χ3v) is 3.63. The molecule has 0 bridgehead atoms. The van der Waals surface area contributed by atoms with E-state index in [-0.39, 0.29) is 17.7 Å². The number of Topliss-reactive ketones (excluding diaryl/α,β-unsaturated/α-hetero) is 1. The fourth-order valence-corrected chi connectivity index (χ4v) is 2.68. The zero-order valence-corrected chi connectivity index (χ0v) is 9.42. The summed E-state index contributed by atoms with van der Waals surface area (Å²) in [5, 5.41) is 0. The number of rotatable bonds is 3. The largest absolute Gasteiger partial charge is 0.480 e. The van der Waals surface area contributed by atoms with Crippen molar-refractivity contribution in [2.24, 2.45) is 11.7 Å². The maximum absolute atomic E-state index is 12.0. The van der Waals surface area contributed by atoms with Crippen molar-refractivity contribution in [3.8, 4) is 5.88 Å². The van der Waals surface area contributed by atoms with Gasteiger partial charge in [-0.2, -0.15) is 4.37 Å². The van der Waals surface area contributed by atoms with Crippen molar-refractivity contribution in [1.29, 1.82) is 0 Å². The lowest BCUT2D eigenvalue weighted by Gasteiger charge is -2.11. The smallest absolute Gasteiger partial charge is 0.225 e. The van der Waals surface area contributed by atoms with Crippen LogP contribution in [0.2, 0.25) is 0 Å². The first-order valence-electron chi connectivity index (χ1n) is 5.03. The molecule has 0 amide bonds. The Morgan fingerprint density at radius 1 is 1.67 bits per heavy atom. The predicted octanol–water partition coefficient (Wildman–Crippen LogP) is 1.46. The van der Waals surface area contributed by atoms with Gasteiger partial charge in [0.15, 0.2) is 5.78 Å². The van der Waals surface area contributed by atoms with E-state index in [2.05, 4.69) is 4.37 Å². The van der Waals surface area contributed by atoms with Crippen molar-refractivity contribution >= 4 is 17.3 Å². The molecule has 82 valence electrons. The van der Waals surface area contributed by atoms with Crippen molar-refractivity contribution in [3.05, 3.63) is 10.9 Å². The molecule has 1 aliphatic carbocycles. The number of ketones is 1. The first-order chi connectivity index (χ1) is 7.22. The molecule has 5 heteroatoms. The van der Waals surface area contributed by atoms with Crippen molar-refractivity contribution < 1.29 is 9.53 Å². The molecule has 1 saturated carbocycles. The monoisotopic (exact) mass is 226 g/mol. The van der Waals surface area contributed by atoms with Gasteiger partial charge in [0.05, 0.1) is 12.0 Å². The number of nitrogens with zero attached hydrogens (tertiary/aromatic N) is 1. The van der Waals surface area contributed by atoms with E-state index in [1.165, 1.54) is 11.5 Å². The molecular formula is C10H14N2O2S. The summed E-state index contributed by atoms with van der Waals surface area (Å²) in [5.41, 5.74) is 5.89. The van der Waals surface area contributed by atoms with Crippen LogP contribution in [0, 0.1) is 5.92 Å². The van der Waals surface area contributed by atoms with Gasteiger partial charge < -0.3 is 10.5 Å². The van der Waals surface area contributed by atoms with Crippen molar-refractivity contribution in [2.75, 3.05) is 7.11 Å². The molecule has 2 rings (SSSR count). The van der Waals surface area contributed by atoms with E-state index >= 15 is 0 Å². The summed E-state index contributed by atoms with van der Waals surface area (Å²) in [4.78, 5) is 12.7. The number of aromatic nitrogens is 1. The lowest BCUT2D eigenvalue weighted by Crippen LogP contribution is -2.30. The van der Waals surface area contributed by atoms with E-state index < -0.39 is 0 Å². The topological polar surface area (TPSA) is 65.2 Å². The average molecular weight is 226 g/mol. The summed E-state index contributed by atoms with van der Waals surface area (Å²) in [5.74, 6) is 0.617. The van der Waals surface area contributed by atoms with Crippen LogP contribution in [-0.2, 0) is 0 Å². The predicted molar refractivity (Wildman–Crippen MR) is 58.3 cm³/mol. The van der Waals surface area contributed by atoms with Gasteiger partial charge in [0.1, 0.15) is 0 Å². The van der Waals surface area contributed by atoms with Crippen molar-refractivity contribution in [1.82, 2.24) is 4.37 Å². The zero-order valence-electron chi connectivity index (χ0n) is 8.60. The first-order valence-corrected chi connectivity index (χ1v) is 5.80. The normalized spacial score (nSPS) is 25.5. The lowest BCUT2D eigenvalue weighted by atomic mass is 9.98. The van der Waals surface area contributed by atoms with Gasteiger partial charge in [-0.15, -0.1) is 0 Å². The van der Waals surface area contributed by atoms with Crippen molar-refractivity contribution in [2.45, 2.75) is 25.3 Å². The fourth-order valence-electron chi connectivity index (χ4n) is 1.97. The van der Waals surface area contributed by atoms with Crippen LogP contribution in [0.25, 0.3) is 0 Å². The molecular weight excluding hydrogens is 212 g/mol. The molecule has 0 radical (unpaired) electrons. The van der Waals surface area contributed by atoms with Crippen LogP contribution >= 0.6 is 11.5 Å². The second-order valence-electron chi connectivity index (χ2n) is 3.80. The van der Waals surface area contributed by atoms with Gasteiger partial charge in [-0.3, -0.25) is 4.79 Å². The minimum atomic E-state index is -0.0184. The van der Waals surface area contributed by atoms with Gasteiger partial charge in [0.25, 0.3) is 0 Å². The third kappa shape index (κ3) is 2.03. The molecule has 1 aromatic rings. The van der Waals surface area contributed by atoms with Crippen LogP contribution in [0.15, 0.2) is 6.07 Å². The first kappa shape index (κ1) is 10.6. The molecule has 15 heavy (non-hydrogen) atoms. The Balaban J connectivity index is 2.13. The number of carbonyl (C=O) groups excluding carboxylic acids is 1. The van der Waals surface area contributed by atoms with Crippen LogP contribution in [0.5, 0.6) is 5.88 Å². The minimum Gasteiger partial charge on any atom is -0.480 e. The molecule has 2 N–H and O–H groups in total. The van der Waals surface area contributed by atoms with Gasteiger partial charge in [-0.05, 0) is 24.4 Å². The highest BCUT2D eigenvalue weighted by Gasteiger charge is 2.31. The lowest BCUT2D eigenvalue weighted by molar-refractivity contribution is 0.0917. The summed E-state index contributed by atoms with van der Waals surface area (Å²) in [6.07, 6.45) is 2.90. The van der Waals surface area contributed by atoms with Crippen molar-refractivity contribution in [3.63, 3.8) is 0 Å². The zero-order chi connectivity index (χ0) is 10.8. The highest BCUT2D eigenvalue weighted by Crippen LogP contribution is 2.29. The number of nitrogens with two attached hydrogens (primary N) is 1. The number of hydrogen-bond donors (Lipinski definition) is 1. The molecule has 1 fully saturated rings. The highest BCUT2D eigenvalue weighted by molar-refractivity contribution is 7.08. The Bertz CT molecular complexity index is 364. The van der Waals surface area contributed by atoms with Crippen LogP contribution < -0.4 is 10.5 Å². The Labute approximate surface area is 92.6 Å². The van der Waals surface area contributed by atoms with Gasteiger partial charge in [-0.1, -0.05) is 6.42 Å². The molecule has 0 aliphatic heterocycles. The van der Waals surface area contributed by atoms with Gasteiger partial charge in [-0.25, -0.2) is 0 Å². The second-order valence-corrected chi connectivity index (χ2v) is 4.60. The Morgan fingerprint density at radius 2 is 2.47 bits per heavy atom. The van der Waals surface area contributed by atoms with E-state index in [0.29, 0.717) is 10.8 Å². The summed E-state index contributed by atoms with van der Waals surface area (Å²) in [6, 6.07) is 1.71. The summed E-state index contributed by atoms with van der Waals surface area (Å²) in [7, 11) is 1.55. The summed E-state index contributed by atoms with van der Waals surface area (Å²) < 4.78 is 8.96. The molecule has 0 saturated heterocycles. The van der Waals surface area contributed by atoms with E-state index in [1.54, 1.807) is 13.2 Å². The van der Waals surface area contributed by atoms with Crippen LogP contribution in [0.1, 0.15) is 28.9 Å². The number of carbonyl (C=O) groups is 1. The molecule has 1 heterocycles. The van der Waals surface area contributed by atoms with Crippen LogP contribution in [0.4, 0.5) is 0 Å². The van der Waals surface area contributed by atoms with E-state index in [0.717, 1.165) is 19.3 Å². The molecule has 4 nitrogen and oxygen atoms in total. The summed E-state index contributed by atoms with van der Waals surface area (Å²) >= 11 is 1.19.